The molecule has 0 spiro atoms. The Morgan fingerprint density at radius 3 is 2.84 bits per heavy atom. The molecule has 0 aliphatic heterocycles. The minimum absolute atomic E-state index is 0.382. The summed E-state index contributed by atoms with van der Waals surface area (Å²) in [6.45, 7) is 7.77. The number of aryl methyl sites for hydroxylation is 1. The second-order valence-corrected chi connectivity index (χ2v) is 4.20. The monoisotopic (exact) mass is 264 g/mol. The van der Waals surface area contributed by atoms with Crippen LogP contribution in [0.1, 0.15) is 31.6 Å². The van der Waals surface area contributed by atoms with Crippen LogP contribution in [0.4, 0.5) is 0 Å². The Kier molecular flexibility index (Phi) is 6.02. The zero-order valence-corrected chi connectivity index (χ0v) is 11.4. The highest BCUT2D eigenvalue weighted by molar-refractivity contribution is 5.02. The fourth-order valence-electron chi connectivity index (χ4n) is 1.54. The van der Waals surface area contributed by atoms with Crippen molar-refractivity contribution < 1.29 is 4.74 Å². The number of unbranched alkanes of at least 4 members (excludes halogenated alkanes) is 1. The summed E-state index contributed by atoms with van der Waals surface area (Å²) in [4.78, 5) is 25.2. The average Bonchev–Trinajstić information content (AvgIpc) is 2.39. The maximum absolute atomic E-state index is 11.7. The molecule has 104 valence electrons. The Morgan fingerprint density at radius 2 is 2.21 bits per heavy atom. The number of aromatic amines is 1. The lowest BCUT2D eigenvalue weighted by Crippen LogP contribution is -2.33. The molecule has 1 aromatic heterocycles. The van der Waals surface area contributed by atoms with Crippen LogP contribution in [-0.2, 0) is 4.74 Å². The van der Waals surface area contributed by atoms with Gasteiger partial charge in [0.05, 0.1) is 6.61 Å². The van der Waals surface area contributed by atoms with Crippen molar-refractivity contribution in [3.63, 3.8) is 0 Å². The molecule has 1 aromatic rings. The highest BCUT2D eigenvalue weighted by atomic mass is 16.5. The number of H-pyrrole nitrogens is 1. The summed E-state index contributed by atoms with van der Waals surface area (Å²) in [5.41, 5.74) is -0.429. The van der Waals surface area contributed by atoms with Gasteiger partial charge in [0.25, 0.3) is 5.56 Å². The largest absolute Gasteiger partial charge is 0.350 e. The molecule has 0 saturated carbocycles. The molecule has 0 aliphatic rings. The zero-order valence-electron chi connectivity index (χ0n) is 11.4. The van der Waals surface area contributed by atoms with Gasteiger partial charge in [0.1, 0.15) is 0 Å². The number of nitrogens with one attached hydrogen (secondary N) is 1. The smallest absolute Gasteiger partial charge is 0.330 e. The molecule has 1 rings (SSSR count). The molecule has 0 aromatic carbocycles. The van der Waals surface area contributed by atoms with E-state index in [1.165, 1.54) is 16.8 Å². The molecule has 0 saturated heterocycles. The molecule has 1 atom stereocenters. The molecule has 1 heterocycles. The van der Waals surface area contributed by atoms with Crippen molar-refractivity contribution in [2.24, 2.45) is 0 Å². The summed E-state index contributed by atoms with van der Waals surface area (Å²) in [6, 6.07) is 0. The van der Waals surface area contributed by atoms with Crippen molar-refractivity contribution in [3.8, 4) is 0 Å². The standard InChI is InChI=1S/C14H20N2O3/c1-4-6-7-8-9-19-12(5-2)16-10-11(3)13(17)15-14(16)18/h5,7-8,10,12H,2,4,6,9H2,1,3H3,(H,15,17,18)/b8-7+. The van der Waals surface area contributed by atoms with Crippen molar-refractivity contribution in [3.05, 3.63) is 57.4 Å². The quantitative estimate of drug-likeness (QED) is 0.765. The van der Waals surface area contributed by atoms with Gasteiger partial charge in [0.15, 0.2) is 6.23 Å². The third-order valence-electron chi connectivity index (χ3n) is 2.61. The number of rotatable bonds is 7. The van der Waals surface area contributed by atoms with E-state index in [4.69, 9.17) is 4.74 Å². The topological polar surface area (TPSA) is 64.1 Å². The highest BCUT2D eigenvalue weighted by Crippen LogP contribution is 2.06. The van der Waals surface area contributed by atoms with E-state index in [9.17, 15) is 9.59 Å². The van der Waals surface area contributed by atoms with Gasteiger partial charge in [-0.05, 0) is 19.4 Å². The van der Waals surface area contributed by atoms with Gasteiger partial charge in [-0.25, -0.2) is 4.79 Å². The summed E-state index contributed by atoms with van der Waals surface area (Å²) in [7, 11) is 0. The molecule has 0 radical (unpaired) electrons. The predicted molar refractivity (Wildman–Crippen MR) is 75.3 cm³/mol. The SMILES string of the molecule is C=CC(OC/C=C/CCC)n1cc(C)c(=O)[nH]c1=O. The Labute approximate surface area is 112 Å². The van der Waals surface area contributed by atoms with Gasteiger partial charge >= 0.3 is 5.69 Å². The van der Waals surface area contributed by atoms with Crippen LogP contribution in [0.3, 0.4) is 0 Å². The second-order valence-electron chi connectivity index (χ2n) is 4.20. The van der Waals surface area contributed by atoms with Crippen LogP contribution in [-0.4, -0.2) is 16.2 Å². The summed E-state index contributed by atoms with van der Waals surface area (Å²) < 4.78 is 6.85. The molecule has 0 aliphatic carbocycles. The summed E-state index contributed by atoms with van der Waals surface area (Å²) >= 11 is 0. The molecule has 0 fully saturated rings. The number of ether oxygens (including phenoxy) is 1. The van der Waals surface area contributed by atoms with Crippen molar-refractivity contribution in [1.82, 2.24) is 9.55 Å². The molecule has 5 nitrogen and oxygen atoms in total. The van der Waals surface area contributed by atoms with Crippen molar-refractivity contribution >= 4 is 0 Å². The first-order valence-corrected chi connectivity index (χ1v) is 6.31. The van der Waals surface area contributed by atoms with Gasteiger partial charge in [-0.2, -0.15) is 0 Å². The van der Waals surface area contributed by atoms with E-state index in [0.717, 1.165) is 12.8 Å². The van der Waals surface area contributed by atoms with E-state index in [0.29, 0.717) is 12.2 Å². The minimum atomic E-state index is -0.589. The van der Waals surface area contributed by atoms with Crippen LogP contribution in [0.15, 0.2) is 40.6 Å². The fourth-order valence-corrected chi connectivity index (χ4v) is 1.54. The van der Waals surface area contributed by atoms with Crippen LogP contribution < -0.4 is 11.2 Å². The van der Waals surface area contributed by atoms with Crippen molar-refractivity contribution in [2.45, 2.75) is 32.9 Å². The molecule has 0 bridgehead atoms. The molecule has 1 N–H and O–H groups in total. The molecule has 5 heteroatoms. The van der Waals surface area contributed by atoms with E-state index in [-0.39, 0.29) is 5.56 Å². The first kappa shape index (κ1) is 15.2. The maximum atomic E-state index is 11.7. The Morgan fingerprint density at radius 1 is 1.47 bits per heavy atom. The van der Waals surface area contributed by atoms with E-state index >= 15 is 0 Å². The van der Waals surface area contributed by atoms with E-state index < -0.39 is 11.9 Å². The van der Waals surface area contributed by atoms with E-state index in [1.807, 2.05) is 12.2 Å². The normalized spacial score (nSPS) is 12.7. The number of hydrogen-bond donors (Lipinski definition) is 1. The average molecular weight is 264 g/mol. The summed E-state index contributed by atoms with van der Waals surface area (Å²) in [6.07, 6.45) is 8.43. The van der Waals surface area contributed by atoms with E-state index in [1.54, 1.807) is 6.92 Å². The number of hydrogen-bond acceptors (Lipinski definition) is 3. The van der Waals surface area contributed by atoms with E-state index in [2.05, 4.69) is 18.5 Å². The first-order valence-electron chi connectivity index (χ1n) is 6.31. The zero-order chi connectivity index (χ0) is 14.3. The number of aromatic nitrogens is 2. The third-order valence-corrected chi connectivity index (χ3v) is 2.61. The molecular weight excluding hydrogens is 244 g/mol. The number of nitrogens with zero attached hydrogens (tertiary/aromatic N) is 1. The highest BCUT2D eigenvalue weighted by Gasteiger charge is 2.09. The predicted octanol–water partition coefficient (Wildman–Crippen LogP) is 1.90. The van der Waals surface area contributed by atoms with Crippen molar-refractivity contribution in [1.29, 1.82) is 0 Å². The van der Waals surface area contributed by atoms with Gasteiger partial charge in [-0.15, -0.1) is 0 Å². The van der Waals surface area contributed by atoms with Gasteiger partial charge in [0.2, 0.25) is 0 Å². The molecule has 19 heavy (non-hydrogen) atoms. The van der Waals surface area contributed by atoms with Gasteiger partial charge < -0.3 is 4.74 Å². The fraction of sp³-hybridized carbons (Fsp3) is 0.429. The minimum Gasteiger partial charge on any atom is -0.350 e. The van der Waals surface area contributed by atoms with Crippen LogP contribution in [0.25, 0.3) is 0 Å². The summed E-state index contributed by atoms with van der Waals surface area (Å²) in [5.74, 6) is 0. The third kappa shape index (κ3) is 4.37. The van der Waals surface area contributed by atoms with Crippen LogP contribution in [0.5, 0.6) is 0 Å². The number of allylic oxidation sites excluding steroid dienone is 1. The van der Waals surface area contributed by atoms with Crippen LogP contribution in [0, 0.1) is 6.92 Å². The second kappa shape index (κ2) is 7.53. The Hall–Kier alpha value is -1.88. The molecule has 0 amide bonds. The van der Waals surface area contributed by atoms with Gasteiger partial charge in [0, 0.05) is 11.8 Å². The lowest BCUT2D eigenvalue weighted by atomic mass is 10.3. The van der Waals surface area contributed by atoms with Gasteiger partial charge in [-0.1, -0.05) is 32.1 Å². The Bertz CT molecular complexity index is 555. The van der Waals surface area contributed by atoms with Crippen LogP contribution in [0.2, 0.25) is 0 Å². The first-order chi connectivity index (χ1) is 9.10. The van der Waals surface area contributed by atoms with Gasteiger partial charge in [-0.3, -0.25) is 14.3 Å². The summed E-state index contributed by atoms with van der Waals surface area (Å²) in [5, 5.41) is 0. The lowest BCUT2D eigenvalue weighted by molar-refractivity contribution is 0.0539. The Balaban J connectivity index is 2.80. The van der Waals surface area contributed by atoms with Crippen LogP contribution >= 0.6 is 0 Å². The van der Waals surface area contributed by atoms with Crippen molar-refractivity contribution in [2.75, 3.05) is 6.61 Å². The molecule has 1 unspecified atom stereocenters. The molecular formula is C14H20N2O3. The lowest BCUT2D eigenvalue weighted by Gasteiger charge is -2.15. The maximum Gasteiger partial charge on any atom is 0.330 e.